The van der Waals surface area contributed by atoms with Gasteiger partial charge in [-0.1, -0.05) is 13.3 Å². The summed E-state index contributed by atoms with van der Waals surface area (Å²) in [5.41, 5.74) is 5.25. The van der Waals surface area contributed by atoms with Gasteiger partial charge in [0.05, 0.1) is 6.61 Å². The minimum absolute atomic E-state index is 0.344. The van der Waals surface area contributed by atoms with Gasteiger partial charge in [0.1, 0.15) is 11.6 Å². The fraction of sp³-hybridized carbons (Fsp3) is 0.867. The van der Waals surface area contributed by atoms with Gasteiger partial charge in [-0.05, 0) is 46.5 Å². The van der Waals surface area contributed by atoms with Crippen molar-refractivity contribution >= 4 is 12.1 Å². The maximum Gasteiger partial charge on any atom is 0.407 e. The number of hydrogen-bond donors (Lipinski definition) is 2. The Balaban J connectivity index is 3.62. The second-order valence-electron chi connectivity index (χ2n) is 6.05. The van der Waals surface area contributed by atoms with E-state index >= 15 is 0 Å². The number of nitrogens with two attached hydrogens (primary N) is 1. The number of ether oxygens (including phenoxy) is 2. The molecule has 0 heterocycles. The van der Waals surface area contributed by atoms with Gasteiger partial charge in [-0.25, -0.2) is 4.79 Å². The standard InChI is InChI=1S/C15H30N2O4/c1-5-6-11-20-13(18)12(16)9-7-8-10-17-14(19)21-15(2,3)4/h12H,5-11,16H2,1-4H3,(H,17,19)/t12-/m0/s1. The van der Waals surface area contributed by atoms with Gasteiger partial charge in [-0.15, -0.1) is 0 Å². The molecule has 0 fully saturated rings. The minimum atomic E-state index is -0.580. The average Bonchev–Trinajstić information content (AvgIpc) is 2.36. The van der Waals surface area contributed by atoms with Gasteiger partial charge in [0.2, 0.25) is 0 Å². The summed E-state index contributed by atoms with van der Waals surface area (Å²) in [5.74, 6) is -0.344. The Morgan fingerprint density at radius 2 is 1.86 bits per heavy atom. The van der Waals surface area contributed by atoms with E-state index in [4.69, 9.17) is 15.2 Å². The van der Waals surface area contributed by atoms with Crippen molar-refractivity contribution in [1.82, 2.24) is 5.32 Å². The lowest BCUT2D eigenvalue weighted by Gasteiger charge is -2.19. The number of amides is 1. The number of carbonyl (C=O) groups excluding carboxylic acids is 2. The zero-order valence-electron chi connectivity index (χ0n) is 13.7. The van der Waals surface area contributed by atoms with Crippen molar-refractivity contribution in [2.45, 2.75) is 71.4 Å². The predicted molar refractivity (Wildman–Crippen MR) is 81.9 cm³/mol. The summed E-state index contributed by atoms with van der Waals surface area (Å²) in [5, 5.41) is 2.67. The molecule has 3 N–H and O–H groups in total. The van der Waals surface area contributed by atoms with Gasteiger partial charge >= 0.3 is 12.1 Å². The molecule has 0 saturated heterocycles. The van der Waals surface area contributed by atoms with Crippen LogP contribution in [0.25, 0.3) is 0 Å². The first-order valence-corrected chi connectivity index (χ1v) is 7.65. The summed E-state index contributed by atoms with van der Waals surface area (Å²) in [6, 6.07) is -0.580. The molecule has 0 aliphatic rings. The van der Waals surface area contributed by atoms with Crippen LogP contribution in [0.5, 0.6) is 0 Å². The van der Waals surface area contributed by atoms with Gasteiger partial charge in [-0.3, -0.25) is 4.79 Å². The van der Waals surface area contributed by atoms with Crippen LogP contribution in [0.1, 0.15) is 59.8 Å². The zero-order valence-corrected chi connectivity index (χ0v) is 13.7. The molecule has 0 aliphatic carbocycles. The van der Waals surface area contributed by atoms with Gasteiger partial charge < -0.3 is 20.5 Å². The van der Waals surface area contributed by atoms with Crippen molar-refractivity contribution in [1.29, 1.82) is 0 Å². The number of unbranched alkanes of at least 4 members (excludes halogenated alkanes) is 2. The van der Waals surface area contributed by atoms with Crippen LogP contribution < -0.4 is 11.1 Å². The van der Waals surface area contributed by atoms with Crippen LogP contribution in [0, 0.1) is 0 Å². The number of nitrogens with one attached hydrogen (secondary N) is 1. The molecule has 0 rings (SSSR count). The Kier molecular flexibility index (Phi) is 9.78. The molecule has 1 atom stereocenters. The second-order valence-corrected chi connectivity index (χ2v) is 6.05. The Morgan fingerprint density at radius 3 is 2.43 bits per heavy atom. The first kappa shape index (κ1) is 19.7. The van der Waals surface area contributed by atoms with Crippen LogP contribution in [0.4, 0.5) is 4.79 Å². The van der Waals surface area contributed by atoms with Gasteiger partial charge in [0.25, 0.3) is 0 Å². The minimum Gasteiger partial charge on any atom is -0.465 e. The molecule has 0 spiro atoms. The van der Waals surface area contributed by atoms with Gasteiger partial charge in [-0.2, -0.15) is 0 Å². The molecule has 124 valence electrons. The number of hydrogen-bond acceptors (Lipinski definition) is 5. The molecule has 0 unspecified atom stereocenters. The largest absolute Gasteiger partial charge is 0.465 e. The lowest BCUT2D eigenvalue weighted by Crippen LogP contribution is -2.34. The molecule has 0 bridgehead atoms. The third-order valence-corrected chi connectivity index (χ3v) is 2.66. The van der Waals surface area contributed by atoms with Crippen LogP contribution >= 0.6 is 0 Å². The van der Waals surface area contributed by atoms with E-state index in [-0.39, 0.29) is 5.97 Å². The maximum atomic E-state index is 11.5. The molecule has 0 aromatic rings. The topological polar surface area (TPSA) is 90.6 Å². The highest BCUT2D eigenvalue weighted by Gasteiger charge is 2.16. The lowest BCUT2D eigenvalue weighted by molar-refractivity contribution is -0.145. The molecule has 0 saturated carbocycles. The summed E-state index contributed by atoms with van der Waals surface area (Å²) in [6.45, 7) is 8.42. The smallest absolute Gasteiger partial charge is 0.407 e. The molecule has 6 nitrogen and oxygen atoms in total. The van der Waals surface area contributed by atoms with E-state index in [1.165, 1.54) is 0 Å². The number of rotatable bonds is 9. The third kappa shape index (κ3) is 12.2. The zero-order chi connectivity index (χ0) is 16.3. The van der Waals surface area contributed by atoms with E-state index in [2.05, 4.69) is 5.32 Å². The van der Waals surface area contributed by atoms with Crippen LogP contribution in [-0.4, -0.2) is 36.9 Å². The van der Waals surface area contributed by atoms with Crippen LogP contribution in [-0.2, 0) is 14.3 Å². The molecule has 0 aromatic carbocycles. The highest BCUT2D eigenvalue weighted by molar-refractivity contribution is 5.75. The number of esters is 1. The van der Waals surface area contributed by atoms with Crippen molar-refractivity contribution in [3.05, 3.63) is 0 Å². The summed E-state index contributed by atoms with van der Waals surface area (Å²) in [4.78, 5) is 22.9. The third-order valence-electron chi connectivity index (χ3n) is 2.66. The Hall–Kier alpha value is -1.30. The van der Waals surface area contributed by atoms with E-state index in [1.54, 1.807) is 0 Å². The molecule has 21 heavy (non-hydrogen) atoms. The summed E-state index contributed by atoms with van der Waals surface area (Å²) < 4.78 is 10.2. The van der Waals surface area contributed by atoms with E-state index < -0.39 is 17.7 Å². The first-order valence-electron chi connectivity index (χ1n) is 7.65. The fourth-order valence-corrected chi connectivity index (χ4v) is 1.54. The van der Waals surface area contributed by atoms with E-state index in [0.29, 0.717) is 19.6 Å². The first-order chi connectivity index (χ1) is 9.76. The fourth-order valence-electron chi connectivity index (χ4n) is 1.54. The van der Waals surface area contributed by atoms with E-state index in [9.17, 15) is 9.59 Å². The summed E-state index contributed by atoms with van der Waals surface area (Å²) >= 11 is 0. The molecule has 1 amide bonds. The molecule has 0 aromatic heterocycles. The quantitative estimate of drug-likeness (QED) is 0.504. The number of alkyl carbamates (subject to hydrolysis) is 1. The second kappa shape index (κ2) is 10.4. The summed E-state index contributed by atoms with van der Waals surface area (Å²) in [6.07, 6.45) is 3.47. The van der Waals surface area contributed by atoms with E-state index in [0.717, 1.165) is 25.7 Å². The normalized spacial score (nSPS) is 12.6. The van der Waals surface area contributed by atoms with Crippen molar-refractivity contribution < 1.29 is 19.1 Å². The summed E-state index contributed by atoms with van der Waals surface area (Å²) in [7, 11) is 0. The highest BCUT2D eigenvalue weighted by atomic mass is 16.6. The van der Waals surface area contributed by atoms with Gasteiger partial charge in [0, 0.05) is 6.54 Å². The number of carbonyl (C=O) groups is 2. The van der Waals surface area contributed by atoms with Crippen molar-refractivity contribution in [2.24, 2.45) is 5.73 Å². The van der Waals surface area contributed by atoms with Crippen molar-refractivity contribution in [2.75, 3.05) is 13.2 Å². The Labute approximate surface area is 127 Å². The Morgan fingerprint density at radius 1 is 1.19 bits per heavy atom. The Bertz CT molecular complexity index is 313. The SMILES string of the molecule is CCCCOC(=O)[C@@H](N)CCCCNC(=O)OC(C)(C)C. The monoisotopic (exact) mass is 302 g/mol. The highest BCUT2D eigenvalue weighted by Crippen LogP contribution is 2.06. The lowest BCUT2D eigenvalue weighted by atomic mass is 10.1. The van der Waals surface area contributed by atoms with Crippen LogP contribution in [0.3, 0.4) is 0 Å². The average molecular weight is 302 g/mol. The van der Waals surface area contributed by atoms with Crippen LogP contribution in [0.2, 0.25) is 0 Å². The molecular formula is C15H30N2O4. The van der Waals surface area contributed by atoms with Crippen LogP contribution in [0.15, 0.2) is 0 Å². The van der Waals surface area contributed by atoms with Gasteiger partial charge in [0.15, 0.2) is 0 Å². The van der Waals surface area contributed by atoms with Crippen molar-refractivity contribution in [3.8, 4) is 0 Å². The molecule has 0 radical (unpaired) electrons. The molecular weight excluding hydrogens is 272 g/mol. The molecule has 0 aliphatic heterocycles. The maximum absolute atomic E-state index is 11.5. The predicted octanol–water partition coefficient (Wildman–Crippen LogP) is 2.35. The van der Waals surface area contributed by atoms with Crippen molar-refractivity contribution in [3.63, 3.8) is 0 Å². The molecule has 6 heteroatoms. The van der Waals surface area contributed by atoms with E-state index in [1.807, 2.05) is 27.7 Å².